The van der Waals surface area contributed by atoms with E-state index in [1.54, 1.807) is 11.0 Å². The Hall–Kier alpha value is -2.44. The van der Waals surface area contributed by atoms with E-state index in [0.717, 1.165) is 38.8 Å². The minimum Gasteiger partial charge on any atom is -0.351 e. The lowest BCUT2D eigenvalue weighted by atomic mass is 9.95. The molecule has 0 unspecified atom stereocenters. The Morgan fingerprint density at radius 3 is 2.46 bits per heavy atom. The molecule has 2 fully saturated rings. The minimum absolute atomic E-state index is 0.0277. The lowest BCUT2D eigenvalue weighted by Crippen LogP contribution is -2.48. The Bertz CT molecular complexity index is 719. The summed E-state index contributed by atoms with van der Waals surface area (Å²) in [7, 11) is 0. The predicted molar refractivity (Wildman–Crippen MR) is 103 cm³/mol. The summed E-state index contributed by atoms with van der Waals surface area (Å²) >= 11 is 0. The van der Waals surface area contributed by atoms with Crippen LogP contribution >= 0.6 is 0 Å². The average Bonchev–Trinajstić information content (AvgIpc) is 2.74. The fourth-order valence-electron chi connectivity index (χ4n) is 3.96. The molecule has 1 aromatic rings. The lowest BCUT2D eigenvalue weighted by molar-refractivity contribution is -0.141. The van der Waals surface area contributed by atoms with Gasteiger partial charge in [-0.25, -0.2) is 4.39 Å². The van der Waals surface area contributed by atoms with Crippen LogP contribution in [0.5, 0.6) is 0 Å². The number of halogens is 1. The second kappa shape index (κ2) is 9.66. The third kappa shape index (κ3) is 5.09. The van der Waals surface area contributed by atoms with Crippen molar-refractivity contribution >= 4 is 17.7 Å². The summed E-state index contributed by atoms with van der Waals surface area (Å²) in [6, 6.07) is 5.76. The molecule has 1 atom stereocenters. The number of benzene rings is 1. The largest absolute Gasteiger partial charge is 0.351 e. The Kier molecular flexibility index (Phi) is 7.01. The summed E-state index contributed by atoms with van der Waals surface area (Å²) < 4.78 is 13.6. The van der Waals surface area contributed by atoms with E-state index in [4.69, 9.17) is 0 Å². The molecule has 2 aliphatic heterocycles. The van der Waals surface area contributed by atoms with Crippen molar-refractivity contribution < 1.29 is 18.8 Å². The van der Waals surface area contributed by atoms with Crippen LogP contribution in [0.15, 0.2) is 24.3 Å². The number of hydrogen-bond acceptors (Lipinski definition) is 3. The van der Waals surface area contributed by atoms with Gasteiger partial charge in [0.25, 0.3) is 5.91 Å². The van der Waals surface area contributed by atoms with E-state index in [0.29, 0.717) is 13.1 Å². The molecule has 3 amide bonds. The highest BCUT2D eigenvalue weighted by Gasteiger charge is 2.31. The van der Waals surface area contributed by atoms with Crippen LogP contribution in [0.3, 0.4) is 0 Å². The molecule has 0 aliphatic carbocycles. The van der Waals surface area contributed by atoms with Crippen LogP contribution < -0.4 is 5.32 Å². The first kappa shape index (κ1) is 20.3. The number of carbonyl (C=O) groups excluding carboxylic acids is 3. The first-order valence-corrected chi connectivity index (χ1v) is 10.2. The molecule has 0 spiro atoms. The monoisotopic (exact) mass is 389 g/mol. The normalized spacial score (nSPS) is 20.0. The summed E-state index contributed by atoms with van der Waals surface area (Å²) in [6.07, 6.45) is 5.08. The van der Waals surface area contributed by atoms with Crippen LogP contribution in [0.4, 0.5) is 4.39 Å². The van der Waals surface area contributed by atoms with Crippen molar-refractivity contribution in [3.63, 3.8) is 0 Å². The Labute approximate surface area is 165 Å². The van der Waals surface area contributed by atoms with Gasteiger partial charge in [0.2, 0.25) is 11.8 Å². The molecular weight excluding hydrogens is 361 g/mol. The predicted octanol–water partition coefficient (Wildman–Crippen LogP) is 2.20. The van der Waals surface area contributed by atoms with Crippen LogP contribution in [0, 0.1) is 11.7 Å². The molecule has 7 heteroatoms. The fourth-order valence-corrected chi connectivity index (χ4v) is 3.96. The van der Waals surface area contributed by atoms with E-state index in [1.807, 2.05) is 4.90 Å². The van der Waals surface area contributed by atoms with Gasteiger partial charge in [-0.05, 0) is 44.2 Å². The molecule has 1 aromatic carbocycles. The van der Waals surface area contributed by atoms with Crippen LogP contribution in [0.2, 0.25) is 0 Å². The van der Waals surface area contributed by atoms with E-state index in [2.05, 4.69) is 5.32 Å². The average molecular weight is 389 g/mol. The van der Waals surface area contributed by atoms with Gasteiger partial charge < -0.3 is 15.1 Å². The number of nitrogens with zero attached hydrogens (tertiary/aromatic N) is 2. The van der Waals surface area contributed by atoms with Crippen molar-refractivity contribution in [2.45, 2.75) is 38.5 Å². The van der Waals surface area contributed by atoms with Crippen molar-refractivity contribution in [1.29, 1.82) is 0 Å². The first-order valence-electron chi connectivity index (χ1n) is 10.2. The Balaban J connectivity index is 1.45. The first-order chi connectivity index (χ1) is 13.6. The van der Waals surface area contributed by atoms with E-state index < -0.39 is 11.7 Å². The van der Waals surface area contributed by atoms with Crippen LogP contribution in [0.1, 0.15) is 48.9 Å². The highest BCUT2D eigenvalue weighted by Crippen LogP contribution is 2.21. The van der Waals surface area contributed by atoms with Gasteiger partial charge in [-0.3, -0.25) is 14.4 Å². The summed E-state index contributed by atoms with van der Waals surface area (Å²) in [4.78, 5) is 40.9. The Morgan fingerprint density at radius 2 is 1.71 bits per heavy atom. The van der Waals surface area contributed by atoms with Crippen molar-refractivity contribution in [3.05, 3.63) is 35.6 Å². The van der Waals surface area contributed by atoms with Gasteiger partial charge >= 0.3 is 0 Å². The molecule has 0 saturated carbocycles. The number of rotatable bonds is 5. The molecule has 2 saturated heterocycles. The smallest absolute Gasteiger partial charge is 0.254 e. The molecule has 0 aromatic heterocycles. The molecular formula is C21H28FN3O3. The number of piperidine rings is 2. The fraction of sp³-hybridized carbons (Fsp3) is 0.571. The summed E-state index contributed by atoms with van der Waals surface area (Å²) in [6.45, 7) is 2.89. The maximum atomic E-state index is 13.6. The van der Waals surface area contributed by atoms with Crippen LogP contribution in [-0.4, -0.2) is 60.2 Å². The van der Waals surface area contributed by atoms with E-state index >= 15 is 0 Å². The van der Waals surface area contributed by atoms with Crippen molar-refractivity contribution in [3.8, 4) is 0 Å². The van der Waals surface area contributed by atoms with Gasteiger partial charge in [0.05, 0.1) is 11.5 Å². The number of carbonyl (C=O) groups is 3. The number of nitrogens with one attached hydrogen (secondary N) is 1. The molecule has 1 N–H and O–H groups in total. The van der Waals surface area contributed by atoms with Gasteiger partial charge in [0, 0.05) is 39.1 Å². The maximum Gasteiger partial charge on any atom is 0.254 e. The lowest BCUT2D eigenvalue weighted by Gasteiger charge is -2.36. The van der Waals surface area contributed by atoms with Gasteiger partial charge in [-0.15, -0.1) is 0 Å². The number of likely N-dealkylation sites (tertiary alicyclic amines) is 2. The summed E-state index contributed by atoms with van der Waals surface area (Å²) in [5.41, 5.74) is -0.0277. The van der Waals surface area contributed by atoms with Gasteiger partial charge in [0.15, 0.2) is 0 Å². The summed E-state index contributed by atoms with van der Waals surface area (Å²) in [5.74, 6) is -1.14. The molecule has 152 valence electrons. The second-order valence-electron chi connectivity index (χ2n) is 7.55. The molecule has 2 heterocycles. The van der Waals surface area contributed by atoms with Crippen molar-refractivity contribution in [2.24, 2.45) is 5.92 Å². The SMILES string of the molecule is O=C(NCCC(=O)N1CCC[C@H](C(=O)N2CCCCC2)C1)c1ccccc1F. The molecule has 0 bridgehead atoms. The number of amides is 3. The molecule has 3 rings (SSSR count). The van der Waals surface area contributed by atoms with Gasteiger partial charge in [-0.1, -0.05) is 12.1 Å². The van der Waals surface area contributed by atoms with Crippen molar-refractivity contribution in [2.75, 3.05) is 32.7 Å². The van der Waals surface area contributed by atoms with Crippen molar-refractivity contribution in [1.82, 2.24) is 15.1 Å². The Morgan fingerprint density at radius 1 is 1.00 bits per heavy atom. The highest BCUT2D eigenvalue weighted by atomic mass is 19.1. The van der Waals surface area contributed by atoms with E-state index in [9.17, 15) is 18.8 Å². The second-order valence-corrected chi connectivity index (χ2v) is 7.55. The zero-order valence-corrected chi connectivity index (χ0v) is 16.2. The van der Waals surface area contributed by atoms with Gasteiger partial charge in [-0.2, -0.15) is 0 Å². The zero-order chi connectivity index (χ0) is 19.9. The van der Waals surface area contributed by atoms with E-state index in [-0.39, 0.29) is 36.3 Å². The molecule has 2 aliphatic rings. The van der Waals surface area contributed by atoms with Crippen LogP contribution in [0.25, 0.3) is 0 Å². The maximum absolute atomic E-state index is 13.6. The molecule has 6 nitrogen and oxygen atoms in total. The quantitative estimate of drug-likeness (QED) is 0.839. The standard InChI is InChI=1S/C21H28FN3O3/c22-18-9-3-2-8-17(18)20(27)23-11-10-19(26)25-14-6-7-16(15-25)21(28)24-12-4-1-5-13-24/h2-3,8-9,16H,1,4-7,10-15H2,(H,23,27)/t16-/m0/s1. The highest BCUT2D eigenvalue weighted by molar-refractivity contribution is 5.94. The third-order valence-electron chi connectivity index (χ3n) is 5.53. The van der Waals surface area contributed by atoms with Gasteiger partial charge in [0.1, 0.15) is 5.82 Å². The summed E-state index contributed by atoms with van der Waals surface area (Å²) in [5, 5.41) is 2.59. The third-order valence-corrected chi connectivity index (χ3v) is 5.53. The minimum atomic E-state index is -0.582. The molecule has 0 radical (unpaired) electrons. The zero-order valence-electron chi connectivity index (χ0n) is 16.2. The topological polar surface area (TPSA) is 69.7 Å². The molecule has 28 heavy (non-hydrogen) atoms. The number of hydrogen-bond donors (Lipinski definition) is 1. The van der Waals surface area contributed by atoms with E-state index in [1.165, 1.54) is 24.6 Å². The van der Waals surface area contributed by atoms with Crippen LogP contribution in [-0.2, 0) is 9.59 Å².